The number of anilines is 1. The molecule has 19 heavy (non-hydrogen) atoms. The van der Waals surface area contributed by atoms with Crippen molar-refractivity contribution < 1.29 is 8.42 Å². The second-order valence-electron chi connectivity index (χ2n) is 3.85. The topological polar surface area (TPSA) is 82.8 Å². The fraction of sp³-hybridized carbons (Fsp3) is 0.0769. The molecular formula is C13H11N3O2S. The zero-order chi connectivity index (χ0) is 13.9. The highest BCUT2D eigenvalue weighted by Gasteiger charge is 2.18. The number of hydrogen-bond donors (Lipinski definition) is 1. The van der Waals surface area contributed by atoms with Crippen molar-refractivity contribution in [1.29, 1.82) is 5.26 Å². The molecule has 0 unspecified atom stereocenters. The minimum absolute atomic E-state index is 0.0410. The van der Waals surface area contributed by atoms with Crippen LogP contribution in [0.3, 0.4) is 0 Å². The number of nitrogens with zero attached hydrogens (tertiary/aromatic N) is 2. The Labute approximate surface area is 111 Å². The van der Waals surface area contributed by atoms with Crippen molar-refractivity contribution >= 4 is 15.7 Å². The molecule has 1 heterocycles. The van der Waals surface area contributed by atoms with Gasteiger partial charge in [-0.25, -0.2) is 8.42 Å². The third-order valence-electron chi connectivity index (χ3n) is 2.55. The Morgan fingerprint density at radius 1 is 1.21 bits per heavy atom. The van der Waals surface area contributed by atoms with E-state index in [2.05, 4.69) is 9.71 Å². The first-order valence-electron chi connectivity index (χ1n) is 5.48. The van der Waals surface area contributed by atoms with E-state index in [1.54, 1.807) is 37.4 Å². The highest BCUT2D eigenvalue weighted by atomic mass is 32.2. The van der Waals surface area contributed by atoms with Crippen molar-refractivity contribution in [2.75, 3.05) is 4.72 Å². The van der Waals surface area contributed by atoms with Crippen LogP contribution in [-0.4, -0.2) is 13.4 Å². The third-order valence-corrected chi connectivity index (χ3v) is 3.97. The van der Waals surface area contributed by atoms with Crippen molar-refractivity contribution in [3.63, 3.8) is 0 Å². The van der Waals surface area contributed by atoms with E-state index in [1.807, 2.05) is 6.07 Å². The van der Waals surface area contributed by atoms with E-state index in [4.69, 9.17) is 5.26 Å². The molecule has 0 spiro atoms. The number of nitrogens with one attached hydrogen (secondary N) is 1. The molecule has 1 aromatic heterocycles. The number of aromatic nitrogens is 1. The van der Waals surface area contributed by atoms with Crippen LogP contribution >= 0.6 is 0 Å². The molecular weight excluding hydrogens is 262 g/mol. The van der Waals surface area contributed by atoms with E-state index in [1.165, 1.54) is 12.1 Å². The Morgan fingerprint density at radius 2 is 1.95 bits per heavy atom. The van der Waals surface area contributed by atoms with Gasteiger partial charge in [0.25, 0.3) is 10.0 Å². The molecule has 96 valence electrons. The van der Waals surface area contributed by atoms with Crippen LogP contribution in [0.25, 0.3) is 0 Å². The Bertz CT molecular complexity index is 748. The minimum atomic E-state index is -3.79. The summed E-state index contributed by atoms with van der Waals surface area (Å²) in [5.41, 5.74) is 1.08. The van der Waals surface area contributed by atoms with E-state index in [-0.39, 0.29) is 10.5 Å². The Kier molecular flexibility index (Phi) is 3.49. The molecule has 0 fully saturated rings. The molecule has 2 rings (SSSR count). The Balaban J connectivity index is 2.45. The number of hydrogen-bond acceptors (Lipinski definition) is 4. The maximum atomic E-state index is 12.2. The number of sulfonamides is 1. The van der Waals surface area contributed by atoms with Gasteiger partial charge in [0.2, 0.25) is 0 Å². The first-order valence-corrected chi connectivity index (χ1v) is 6.96. The van der Waals surface area contributed by atoms with E-state index in [0.29, 0.717) is 11.4 Å². The summed E-state index contributed by atoms with van der Waals surface area (Å²) in [4.78, 5) is 3.97. The molecule has 1 N–H and O–H groups in total. The lowest BCUT2D eigenvalue weighted by molar-refractivity contribution is 0.601. The van der Waals surface area contributed by atoms with Crippen LogP contribution in [-0.2, 0) is 10.0 Å². The van der Waals surface area contributed by atoms with Gasteiger partial charge >= 0.3 is 0 Å². The van der Waals surface area contributed by atoms with Gasteiger partial charge < -0.3 is 0 Å². The lowest BCUT2D eigenvalue weighted by Crippen LogP contribution is -2.15. The molecule has 0 atom stereocenters. The number of nitriles is 1. The largest absolute Gasteiger partial charge is 0.278 e. The number of pyridine rings is 1. The number of aryl methyl sites for hydroxylation is 1. The van der Waals surface area contributed by atoms with Crippen molar-refractivity contribution in [3.05, 3.63) is 53.9 Å². The van der Waals surface area contributed by atoms with Gasteiger partial charge in [-0.15, -0.1) is 0 Å². The molecule has 0 aliphatic rings. The van der Waals surface area contributed by atoms with Crippen LogP contribution in [0.15, 0.2) is 47.5 Å². The van der Waals surface area contributed by atoms with Crippen LogP contribution in [0.5, 0.6) is 0 Å². The SMILES string of the molecule is Cc1ncccc1NS(=O)(=O)c1ccccc1C#N. The molecule has 1 aromatic carbocycles. The van der Waals surface area contributed by atoms with Crippen molar-refractivity contribution in [2.24, 2.45) is 0 Å². The fourth-order valence-corrected chi connectivity index (χ4v) is 2.86. The zero-order valence-corrected chi connectivity index (χ0v) is 11.0. The summed E-state index contributed by atoms with van der Waals surface area (Å²) in [5, 5.41) is 8.95. The van der Waals surface area contributed by atoms with Crippen LogP contribution in [0.1, 0.15) is 11.3 Å². The fourth-order valence-electron chi connectivity index (χ4n) is 1.59. The standard InChI is InChI=1S/C13H11N3O2S/c1-10-12(6-4-8-15-10)16-19(17,18)13-7-3-2-5-11(13)9-14/h2-8,16H,1H3. The summed E-state index contributed by atoms with van der Waals surface area (Å²) in [6.45, 7) is 1.70. The van der Waals surface area contributed by atoms with Crippen molar-refractivity contribution in [3.8, 4) is 6.07 Å². The molecule has 0 bridgehead atoms. The molecule has 0 saturated heterocycles. The van der Waals surface area contributed by atoms with E-state index < -0.39 is 10.0 Å². The van der Waals surface area contributed by atoms with E-state index in [9.17, 15) is 8.42 Å². The van der Waals surface area contributed by atoms with Crippen LogP contribution in [0.4, 0.5) is 5.69 Å². The summed E-state index contributed by atoms with van der Waals surface area (Å²) in [6, 6.07) is 11.2. The Hall–Kier alpha value is -2.39. The molecule has 0 amide bonds. The first kappa shape index (κ1) is 13.1. The average Bonchev–Trinajstić information content (AvgIpc) is 2.41. The molecule has 0 radical (unpaired) electrons. The van der Waals surface area contributed by atoms with Gasteiger partial charge in [0.15, 0.2) is 0 Å². The van der Waals surface area contributed by atoms with Gasteiger partial charge in [0, 0.05) is 6.20 Å². The summed E-state index contributed by atoms with van der Waals surface area (Å²) < 4.78 is 26.9. The molecule has 6 heteroatoms. The zero-order valence-electron chi connectivity index (χ0n) is 10.2. The second-order valence-corrected chi connectivity index (χ2v) is 5.50. The van der Waals surface area contributed by atoms with Crippen LogP contribution in [0.2, 0.25) is 0 Å². The third kappa shape index (κ3) is 2.72. The average molecular weight is 273 g/mol. The Morgan fingerprint density at radius 3 is 2.63 bits per heavy atom. The molecule has 0 saturated carbocycles. The first-order chi connectivity index (χ1) is 9.04. The summed E-state index contributed by atoms with van der Waals surface area (Å²) in [6.07, 6.45) is 1.58. The smallest absolute Gasteiger partial charge is 0.263 e. The van der Waals surface area contributed by atoms with Gasteiger partial charge in [-0.2, -0.15) is 5.26 Å². The second kappa shape index (κ2) is 5.08. The highest BCUT2D eigenvalue weighted by molar-refractivity contribution is 7.92. The summed E-state index contributed by atoms with van der Waals surface area (Å²) in [7, 11) is -3.79. The lowest BCUT2D eigenvalue weighted by Gasteiger charge is -2.10. The number of rotatable bonds is 3. The molecule has 2 aromatic rings. The normalized spacial score (nSPS) is 10.7. The lowest BCUT2D eigenvalue weighted by atomic mass is 10.2. The van der Waals surface area contributed by atoms with Crippen molar-refractivity contribution in [2.45, 2.75) is 11.8 Å². The van der Waals surface area contributed by atoms with Crippen molar-refractivity contribution in [1.82, 2.24) is 4.98 Å². The quantitative estimate of drug-likeness (QED) is 0.927. The van der Waals surface area contributed by atoms with Crippen LogP contribution in [0, 0.1) is 18.3 Å². The summed E-state index contributed by atoms with van der Waals surface area (Å²) >= 11 is 0. The predicted molar refractivity (Wildman–Crippen MR) is 70.9 cm³/mol. The van der Waals surface area contributed by atoms with Gasteiger partial charge in [-0.3, -0.25) is 9.71 Å². The molecule has 5 nitrogen and oxygen atoms in total. The highest BCUT2D eigenvalue weighted by Crippen LogP contribution is 2.20. The minimum Gasteiger partial charge on any atom is -0.278 e. The van der Waals surface area contributed by atoms with Gasteiger partial charge in [-0.1, -0.05) is 12.1 Å². The monoisotopic (exact) mass is 273 g/mol. The maximum absolute atomic E-state index is 12.2. The van der Waals surface area contributed by atoms with Gasteiger partial charge in [-0.05, 0) is 31.2 Å². The predicted octanol–water partition coefficient (Wildman–Crippen LogP) is 2.06. The number of benzene rings is 1. The van der Waals surface area contributed by atoms with Gasteiger partial charge in [0.1, 0.15) is 11.0 Å². The van der Waals surface area contributed by atoms with Crippen LogP contribution < -0.4 is 4.72 Å². The molecule has 0 aliphatic carbocycles. The molecule has 0 aliphatic heterocycles. The van der Waals surface area contributed by atoms with Gasteiger partial charge in [0.05, 0.1) is 16.9 Å². The summed E-state index contributed by atoms with van der Waals surface area (Å²) in [5.74, 6) is 0. The van der Waals surface area contributed by atoms with E-state index in [0.717, 1.165) is 0 Å². The van der Waals surface area contributed by atoms with E-state index >= 15 is 0 Å². The maximum Gasteiger partial charge on any atom is 0.263 e.